The Hall–Kier alpha value is -6.53. The summed E-state index contributed by atoms with van der Waals surface area (Å²) in [5.41, 5.74) is 8.95. The van der Waals surface area contributed by atoms with Crippen molar-refractivity contribution in [2.24, 2.45) is 0 Å². The minimum atomic E-state index is 0.0963. The van der Waals surface area contributed by atoms with Gasteiger partial charge in [-0.2, -0.15) is 0 Å². The number of benzene rings is 6. The lowest BCUT2D eigenvalue weighted by atomic mass is 9.95. The predicted molar refractivity (Wildman–Crippen MR) is 187 cm³/mol. The number of fused-ring (bicyclic) bond motifs is 4. The number of imidazole rings is 1. The van der Waals surface area contributed by atoms with Crippen molar-refractivity contribution in [3.63, 3.8) is 0 Å². The number of hydrogen-bond donors (Lipinski definition) is 1. The summed E-state index contributed by atoms with van der Waals surface area (Å²) in [4.78, 5) is 14.9. The highest BCUT2D eigenvalue weighted by atomic mass is 16.3. The summed E-state index contributed by atoms with van der Waals surface area (Å²) in [7, 11) is 0. The molecule has 3 heterocycles. The molecule has 0 saturated heterocycles. The van der Waals surface area contributed by atoms with Crippen LogP contribution in [-0.2, 0) is 0 Å². The van der Waals surface area contributed by atoms with E-state index in [2.05, 4.69) is 119 Å². The molecule has 0 spiro atoms. The van der Waals surface area contributed by atoms with Crippen LogP contribution in [0.5, 0.6) is 5.75 Å². The third kappa shape index (κ3) is 4.46. The Labute approximate surface area is 269 Å². The summed E-state index contributed by atoms with van der Waals surface area (Å²) in [5, 5.41) is 13.5. The number of hydrogen-bond acceptors (Lipinski definition) is 5. The number of nitrogens with zero attached hydrogens (tertiary/aromatic N) is 4. The molecule has 47 heavy (non-hydrogen) atoms. The highest BCUT2D eigenvalue weighted by Gasteiger charge is 2.23. The Kier molecular flexibility index (Phi) is 6.18. The summed E-state index contributed by atoms with van der Waals surface area (Å²) >= 11 is 0. The Balaban J connectivity index is 1.37. The van der Waals surface area contributed by atoms with E-state index in [0.29, 0.717) is 33.6 Å². The van der Waals surface area contributed by atoms with Gasteiger partial charge in [0.25, 0.3) is 0 Å². The zero-order valence-corrected chi connectivity index (χ0v) is 25.1. The second-order valence-corrected chi connectivity index (χ2v) is 11.4. The predicted octanol–water partition coefficient (Wildman–Crippen LogP) is 10.1. The normalized spacial score (nSPS) is 11.5. The molecule has 0 bridgehead atoms. The van der Waals surface area contributed by atoms with Crippen molar-refractivity contribution >= 4 is 33.0 Å². The number of furan rings is 1. The van der Waals surface area contributed by atoms with E-state index in [-0.39, 0.29) is 5.75 Å². The van der Waals surface area contributed by atoms with Crippen LogP contribution in [0.3, 0.4) is 0 Å². The fourth-order valence-electron chi connectivity index (χ4n) is 6.47. The zero-order chi connectivity index (χ0) is 31.3. The van der Waals surface area contributed by atoms with E-state index < -0.39 is 0 Å². The molecular formula is C41H26N4O2. The first-order valence-electron chi connectivity index (χ1n) is 15.4. The molecule has 222 valence electrons. The van der Waals surface area contributed by atoms with Crippen LogP contribution in [0.4, 0.5) is 0 Å². The Morgan fingerprint density at radius 3 is 1.98 bits per heavy atom. The molecule has 0 aliphatic carbocycles. The number of phenols is 1. The molecule has 0 atom stereocenters. The third-order valence-corrected chi connectivity index (χ3v) is 8.63. The maximum Gasteiger partial charge on any atom is 0.246 e. The molecule has 9 rings (SSSR count). The van der Waals surface area contributed by atoms with E-state index in [1.54, 1.807) is 24.4 Å². The first-order valence-corrected chi connectivity index (χ1v) is 15.4. The van der Waals surface area contributed by atoms with E-state index in [1.165, 1.54) is 0 Å². The Morgan fingerprint density at radius 2 is 1.21 bits per heavy atom. The molecule has 0 aliphatic rings. The van der Waals surface area contributed by atoms with Gasteiger partial charge in [-0.05, 0) is 34.0 Å². The van der Waals surface area contributed by atoms with Crippen molar-refractivity contribution in [2.45, 2.75) is 0 Å². The maximum atomic E-state index is 10.7. The van der Waals surface area contributed by atoms with Gasteiger partial charge in [-0.1, -0.05) is 127 Å². The van der Waals surface area contributed by atoms with Crippen LogP contribution in [0.15, 0.2) is 156 Å². The summed E-state index contributed by atoms with van der Waals surface area (Å²) < 4.78 is 8.10. The van der Waals surface area contributed by atoms with E-state index in [4.69, 9.17) is 14.4 Å². The van der Waals surface area contributed by atoms with Gasteiger partial charge in [-0.25, -0.2) is 15.0 Å². The lowest BCUT2D eigenvalue weighted by Crippen LogP contribution is -2.02. The lowest BCUT2D eigenvalue weighted by Gasteiger charge is -2.19. The average molecular weight is 607 g/mol. The van der Waals surface area contributed by atoms with Crippen molar-refractivity contribution < 1.29 is 9.52 Å². The van der Waals surface area contributed by atoms with Gasteiger partial charge in [0.1, 0.15) is 34.1 Å². The monoisotopic (exact) mass is 606 g/mol. The van der Waals surface area contributed by atoms with Crippen LogP contribution in [0, 0.1) is 0 Å². The average Bonchev–Trinajstić information content (AvgIpc) is 3.74. The van der Waals surface area contributed by atoms with Gasteiger partial charge in [0.2, 0.25) is 5.71 Å². The fourth-order valence-corrected chi connectivity index (χ4v) is 6.47. The SMILES string of the molecule is Oc1cccc2oc3ncc(-c4cn(-c5c(-c6ccccc6)cccc5-c5ccccc5)c(-c5cccc6ccccc56)n4)nc3c12. The van der Waals surface area contributed by atoms with Gasteiger partial charge in [-0.3, -0.25) is 4.57 Å². The summed E-state index contributed by atoms with van der Waals surface area (Å²) in [6, 6.07) is 47.2. The Bertz CT molecular complexity index is 2520. The smallest absolute Gasteiger partial charge is 0.246 e. The molecule has 0 aliphatic heterocycles. The number of phenolic OH excluding ortho intramolecular Hbond substituents is 1. The second kappa shape index (κ2) is 10.8. The standard InChI is InChI=1S/C41H26N4O2/c46-35-22-11-23-36-37(35)38-41(47-36)42-24-33(43-38)34-25-45(40(44-34)32-21-9-17-26-16-7-8-18-29(26)32)39-30(27-12-3-1-4-13-27)19-10-20-31(39)28-14-5-2-6-15-28/h1-25,46H. The first kappa shape index (κ1) is 26.8. The quantitative estimate of drug-likeness (QED) is 0.211. The second-order valence-electron chi connectivity index (χ2n) is 11.4. The van der Waals surface area contributed by atoms with Crippen molar-refractivity contribution in [3.8, 4) is 56.5 Å². The summed E-state index contributed by atoms with van der Waals surface area (Å²) in [5.74, 6) is 0.873. The minimum absolute atomic E-state index is 0.0963. The van der Waals surface area contributed by atoms with Crippen molar-refractivity contribution in [3.05, 3.63) is 152 Å². The molecule has 6 nitrogen and oxygen atoms in total. The molecule has 1 N–H and O–H groups in total. The highest BCUT2D eigenvalue weighted by Crippen LogP contribution is 2.41. The first-order chi connectivity index (χ1) is 23.2. The van der Waals surface area contributed by atoms with Gasteiger partial charge < -0.3 is 9.52 Å². The molecule has 6 heteroatoms. The minimum Gasteiger partial charge on any atom is -0.507 e. The number of aromatic hydroxyl groups is 1. The number of rotatable bonds is 5. The van der Waals surface area contributed by atoms with Crippen LogP contribution < -0.4 is 0 Å². The molecule has 0 radical (unpaired) electrons. The lowest BCUT2D eigenvalue weighted by molar-refractivity contribution is 0.481. The van der Waals surface area contributed by atoms with Crippen LogP contribution >= 0.6 is 0 Å². The molecular weight excluding hydrogens is 580 g/mol. The molecule has 0 fully saturated rings. The largest absolute Gasteiger partial charge is 0.507 e. The maximum absolute atomic E-state index is 10.7. The van der Waals surface area contributed by atoms with Crippen molar-refractivity contribution in [1.82, 2.24) is 19.5 Å². The molecule has 3 aromatic heterocycles. The zero-order valence-electron chi connectivity index (χ0n) is 25.1. The molecule has 9 aromatic rings. The molecule has 0 saturated carbocycles. The third-order valence-electron chi connectivity index (χ3n) is 8.63. The van der Waals surface area contributed by atoms with Gasteiger partial charge in [0, 0.05) is 22.9 Å². The summed E-state index contributed by atoms with van der Waals surface area (Å²) in [6.07, 6.45) is 3.73. The van der Waals surface area contributed by atoms with Crippen LogP contribution in [0.1, 0.15) is 0 Å². The van der Waals surface area contributed by atoms with Crippen molar-refractivity contribution in [2.75, 3.05) is 0 Å². The van der Waals surface area contributed by atoms with Crippen LogP contribution in [0.25, 0.3) is 83.7 Å². The van der Waals surface area contributed by atoms with E-state index in [1.807, 2.05) is 18.3 Å². The topological polar surface area (TPSA) is 77.0 Å². The van der Waals surface area contributed by atoms with E-state index in [9.17, 15) is 5.11 Å². The molecule has 0 amide bonds. The summed E-state index contributed by atoms with van der Waals surface area (Å²) in [6.45, 7) is 0. The van der Waals surface area contributed by atoms with E-state index in [0.717, 1.165) is 50.1 Å². The molecule has 0 unspecified atom stereocenters. The van der Waals surface area contributed by atoms with Gasteiger partial charge >= 0.3 is 0 Å². The van der Waals surface area contributed by atoms with Gasteiger partial charge in [0.15, 0.2) is 0 Å². The highest BCUT2D eigenvalue weighted by molar-refractivity contribution is 6.05. The number of para-hydroxylation sites is 1. The van der Waals surface area contributed by atoms with Crippen LogP contribution in [0.2, 0.25) is 0 Å². The fraction of sp³-hybridized carbons (Fsp3) is 0. The van der Waals surface area contributed by atoms with Crippen molar-refractivity contribution in [1.29, 1.82) is 0 Å². The van der Waals surface area contributed by atoms with E-state index >= 15 is 0 Å². The molecule has 6 aromatic carbocycles. The number of aromatic nitrogens is 4. The van der Waals surface area contributed by atoms with Crippen LogP contribution in [-0.4, -0.2) is 24.6 Å². The Morgan fingerprint density at radius 1 is 0.574 bits per heavy atom. The van der Waals surface area contributed by atoms with Gasteiger partial charge in [-0.15, -0.1) is 0 Å². The van der Waals surface area contributed by atoms with Gasteiger partial charge in [0.05, 0.1) is 17.3 Å².